The van der Waals surface area contributed by atoms with Crippen molar-refractivity contribution in [1.29, 1.82) is 0 Å². The molecular formula is C11H20O. The summed E-state index contributed by atoms with van der Waals surface area (Å²) in [4.78, 5) is 11.1. The maximum absolute atomic E-state index is 11.1. The van der Waals surface area contributed by atoms with E-state index in [1.165, 1.54) is 12.8 Å². The van der Waals surface area contributed by atoms with E-state index in [2.05, 4.69) is 13.8 Å². The molecule has 0 aromatic carbocycles. The SMILES string of the molecule is CCCC/C=C/C(=O)CCCC. The Morgan fingerprint density at radius 3 is 2.42 bits per heavy atom. The van der Waals surface area contributed by atoms with E-state index in [1.807, 2.05) is 6.08 Å². The van der Waals surface area contributed by atoms with Gasteiger partial charge in [-0.05, 0) is 18.9 Å². The van der Waals surface area contributed by atoms with Gasteiger partial charge in [0.25, 0.3) is 0 Å². The molecule has 0 aromatic rings. The lowest BCUT2D eigenvalue weighted by Crippen LogP contribution is -1.90. The molecule has 0 spiro atoms. The average Bonchev–Trinajstić information content (AvgIpc) is 2.09. The lowest BCUT2D eigenvalue weighted by Gasteiger charge is -1.91. The van der Waals surface area contributed by atoms with Crippen LogP contribution in [0.25, 0.3) is 0 Å². The quantitative estimate of drug-likeness (QED) is 0.420. The minimum Gasteiger partial charge on any atom is -0.295 e. The molecule has 0 bridgehead atoms. The molecule has 0 amide bonds. The molecule has 70 valence electrons. The van der Waals surface area contributed by atoms with E-state index in [0.717, 1.165) is 25.7 Å². The fourth-order valence-corrected chi connectivity index (χ4v) is 0.971. The summed E-state index contributed by atoms with van der Waals surface area (Å²) in [5.41, 5.74) is 0. The normalized spacial score (nSPS) is 10.8. The second kappa shape index (κ2) is 8.51. The Balaban J connectivity index is 3.34. The molecule has 0 atom stereocenters. The van der Waals surface area contributed by atoms with Gasteiger partial charge in [-0.2, -0.15) is 0 Å². The standard InChI is InChI=1S/C11H20O/c1-3-5-7-8-10-11(12)9-6-4-2/h8,10H,3-7,9H2,1-2H3/b10-8+. The van der Waals surface area contributed by atoms with Crippen LogP contribution in [0.2, 0.25) is 0 Å². The molecule has 0 aliphatic heterocycles. The third-order valence-electron chi connectivity index (χ3n) is 1.80. The van der Waals surface area contributed by atoms with Crippen LogP contribution >= 0.6 is 0 Å². The highest BCUT2D eigenvalue weighted by atomic mass is 16.1. The third-order valence-corrected chi connectivity index (χ3v) is 1.80. The van der Waals surface area contributed by atoms with Crippen LogP contribution in [0.5, 0.6) is 0 Å². The van der Waals surface area contributed by atoms with E-state index in [-0.39, 0.29) is 5.78 Å². The van der Waals surface area contributed by atoms with Gasteiger partial charge in [-0.25, -0.2) is 0 Å². The van der Waals surface area contributed by atoms with Crippen molar-refractivity contribution in [3.05, 3.63) is 12.2 Å². The van der Waals surface area contributed by atoms with Gasteiger partial charge in [-0.15, -0.1) is 0 Å². The summed E-state index contributed by atoms with van der Waals surface area (Å²) >= 11 is 0. The average molecular weight is 168 g/mol. The minimum absolute atomic E-state index is 0.285. The monoisotopic (exact) mass is 168 g/mol. The molecule has 0 aliphatic rings. The third kappa shape index (κ3) is 7.52. The van der Waals surface area contributed by atoms with E-state index in [0.29, 0.717) is 0 Å². The highest BCUT2D eigenvalue weighted by Crippen LogP contribution is 1.99. The van der Waals surface area contributed by atoms with Crippen LogP contribution in [0.4, 0.5) is 0 Å². The summed E-state index contributed by atoms with van der Waals surface area (Å²) in [6.07, 6.45) is 10.0. The van der Waals surface area contributed by atoms with E-state index in [4.69, 9.17) is 0 Å². The van der Waals surface area contributed by atoms with Crippen LogP contribution in [-0.4, -0.2) is 5.78 Å². The van der Waals surface area contributed by atoms with Gasteiger partial charge < -0.3 is 0 Å². The first-order valence-corrected chi connectivity index (χ1v) is 5.00. The van der Waals surface area contributed by atoms with Crippen LogP contribution in [0.15, 0.2) is 12.2 Å². The zero-order valence-corrected chi connectivity index (χ0v) is 8.31. The van der Waals surface area contributed by atoms with Crippen molar-refractivity contribution in [1.82, 2.24) is 0 Å². The summed E-state index contributed by atoms with van der Waals surface area (Å²) in [6.45, 7) is 4.26. The van der Waals surface area contributed by atoms with Gasteiger partial charge in [-0.1, -0.05) is 39.2 Å². The van der Waals surface area contributed by atoms with E-state index in [1.54, 1.807) is 6.08 Å². The number of hydrogen-bond acceptors (Lipinski definition) is 1. The maximum atomic E-state index is 11.1. The molecule has 0 N–H and O–H groups in total. The summed E-state index contributed by atoms with van der Waals surface area (Å²) in [5.74, 6) is 0.285. The maximum Gasteiger partial charge on any atom is 0.155 e. The van der Waals surface area contributed by atoms with Gasteiger partial charge >= 0.3 is 0 Å². The van der Waals surface area contributed by atoms with Crippen molar-refractivity contribution < 1.29 is 4.79 Å². The molecule has 0 fully saturated rings. The zero-order chi connectivity index (χ0) is 9.23. The molecule has 0 saturated carbocycles. The predicted octanol–water partition coefficient (Wildman–Crippen LogP) is 3.49. The van der Waals surface area contributed by atoms with Crippen LogP contribution in [0, 0.1) is 0 Å². The first-order chi connectivity index (χ1) is 5.81. The van der Waals surface area contributed by atoms with E-state index >= 15 is 0 Å². The predicted molar refractivity (Wildman–Crippen MR) is 53.2 cm³/mol. The van der Waals surface area contributed by atoms with Crippen LogP contribution < -0.4 is 0 Å². The number of unbranched alkanes of at least 4 members (excludes halogenated alkanes) is 3. The Morgan fingerprint density at radius 1 is 1.17 bits per heavy atom. The van der Waals surface area contributed by atoms with Crippen molar-refractivity contribution in [2.45, 2.75) is 52.4 Å². The largest absolute Gasteiger partial charge is 0.295 e. The lowest BCUT2D eigenvalue weighted by atomic mass is 10.1. The van der Waals surface area contributed by atoms with Gasteiger partial charge in [0.1, 0.15) is 0 Å². The van der Waals surface area contributed by atoms with Crippen LogP contribution in [0.1, 0.15) is 52.4 Å². The molecule has 0 heterocycles. The van der Waals surface area contributed by atoms with Gasteiger partial charge in [0.2, 0.25) is 0 Å². The fourth-order valence-electron chi connectivity index (χ4n) is 0.971. The smallest absolute Gasteiger partial charge is 0.155 e. The summed E-state index contributed by atoms with van der Waals surface area (Å²) in [7, 11) is 0. The second-order valence-electron chi connectivity index (χ2n) is 3.11. The molecule has 0 saturated heterocycles. The number of allylic oxidation sites excluding steroid dienone is 2. The summed E-state index contributed by atoms with van der Waals surface area (Å²) < 4.78 is 0. The highest BCUT2D eigenvalue weighted by Gasteiger charge is 1.93. The van der Waals surface area contributed by atoms with Crippen molar-refractivity contribution in [3.63, 3.8) is 0 Å². The molecule has 0 aromatic heterocycles. The van der Waals surface area contributed by atoms with Crippen molar-refractivity contribution in [2.75, 3.05) is 0 Å². The topological polar surface area (TPSA) is 17.1 Å². The second-order valence-corrected chi connectivity index (χ2v) is 3.11. The first-order valence-electron chi connectivity index (χ1n) is 5.00. The zero-order valence-electron chi connectivity index (χ0n) is 8.31. The first kappa shape index (κ1) is 11.4. The number of hydrogen-bond donors (Lipinski definition) is 0. The number of carbonyl (C=O) groups excluding carboxylic acids is 1. The molecular weight excluding hydrogens is 148 g/mol. The Bertz CT molecular complexity index is 136. The Kier molecular flexibility index (Phi) is 8.09. The molecule has 0 aliphatic carbocycles. The molecule has 0 rings (SSSR count). The Morgan fingerprint density at radius 2 is 1.83 bits per heavy atom. The Hall–Kier alpha value is -0.590. The summed E-state index contributed by atoms with van der Waals surface area (Å²) in [6, 6.07) is 0. The number of carbonyl (C=O) groups is 1. The Labute approximate surface area is 75.9 Å². The fraction of sp³-hybridized carbons (Fsp3) is 0.727. The highest BCUT2D eigenvalue weighted by molar-refractivity contribution is 5.89. The number of rotatable bonds is 7. The van der Waals surface area contributed by atoms with Crippen LogP contribution in [0.3, 0.4) is 0 Å². The van der Waals surface area contributed by atoms with Gasteiger partial charge in [0.05, 0.1) is 0 Å². The lowest BCUT2D eigenvalue weighted by molar-refractivity contribution is -0.114. The van der Waals surface area contributed by atoms with Crippen molar-refractivity contribution in [3.8, 4) is 0 Å². The minimum atomic E-state index is 0.285. The molecule has 1 nitrogen and oxygen atoms in total. The molecule has 0 unspecified atom stereocenters. The van der Waals surface area contributed by atoms with Gasteiger partial charge in [-0.3, -0.25) is 4.79 Å². The number of ketones is 1. The van der Waals surface area contributed by atoms with E-state index < -0.39 is 0 Å². The van der Waals surface area contributed by atoms with Crippen molar-refractivity contribution in [2.24, 2.45) is 0 Å². The van der Waals surface area contributed by atoms with Crippen LogP contribution in [-0.2, 0) is 4.79 Å². The molecule has 1 heteroatoms. The van der Waals surface area contributed by atoms with Crippen molar-refractivity contribution >= 4 is 5.78 Å². The molecule has 0 radical (unpaired) electrons. The van der Waals surface area contributed by atoms with Gasteiger partial charge in [0.15, 0.2) is 5.78 Å². The van der Waals surface area contributed by atoms with E-state index in [9.17, 15) is 4.79 Å². The van der Waals surface area contributed by atoms with Gasteiger partial charge in [0, 0.05) is 6.42 Å². The molecule has 12 heavy (non-hydrogen) atoms. The summed E-state index contributed by atoms with van der Waals surface area (Å²) in [5, 5.41) is 0.